The number of hydrogen-bond acceptors (Lipinski definition) is 5. The summed E-state index contributed by atoms with van der Waals surface area (Å²) in [5, 5.41) is 7.69. The summed E-state index contributed by atoms with van der Waals surface area (Å²) in [4.78, 5) is 23.4. The van der Waals surface area contributed by atoms with Gasteiger partial charge in [0.1, 0.15) is 5.69 Å². The molecule has 0 bridgehead atoms. The first kappa shape index (κ1) is 17.3. The molecule has 0 aliphatic carbocycles. The predicted octanol–water partition coefficient (Wildman–Crippen LogP) is 1.79. The maximum Gasteiger partial charge on any atom is 0.270 e. The van der Waals surface area contributed by atoms with Crippen molar-refractivity contribution in [2.45, 2.75) is 19.5 Å². The molecule has 0 saturated carbocycles. The summed E-state index contributed by atoms with van der Waals surface area (Å²) in [6.45, 7) is 2.83. The number of carbonyl (C=O) groups is 1. The zero-order valence-electron chi connectivity index (χ0n) is 15.3. The third-order valence-electron chi connectivity index (χ3n) is 4.92. The van der Waals surface area contributed by atoms with E-state index in [1.807, 2.05) is 45.6 Å². The summed E-state index contributed by atoms with van der Waals surface area (Å²) in [6.07, 6.45) is 8.04. The lowest BCUT2D eigenvalue weighted by atomic mass is 10.1. The molecule has 4 rings (SSSR count). The van der Waals surface area contributed by atoms with E-state index in [-0.39, 0.29) is 5.91 Å². The molecule has 4 heterocycles. The standard InChI is InChI=1S/C19H23N7O/c1-24-11-2-4-17(24)18(27)25-12-15(13-26-16(14-25)6-10-23-26)5-9-22-19-20-7-3-8-21-19/h2-4,6-8,10-11,15H,5,9,12-14H2,1H3,(H,20,21,22). The molecule has 1 unspecified atom stereocenters. The van der Waals surface area contributed by atoms with Crippen LogP contribution in [0.1, 0.15) is 22.6 Å². The van der Waals surface area contributed by atoms with Gasteiger partial charge in [-0.1, -0.05) is 0 Å². The number of aromatic nitrogens is 5. The minimum Gasteiger partial charge on any atom is -0.354 e. The van der Waals surface area contributed by atoms with Crippen LogP contribution >= 0.6 is 0 Å². The van der Waals surface area contributed by atoms with Crippen molar-refractivity contribution in [2.24, 2.45) is 13.0 Å². The summed E-state index contributed by atoms with van der Waals surface area (Å²) in [6, 6.07) is 7.55. The average molecular weight is 365 g/mol. The minimum atomic E-state index is 0.0569. The normalized spacial score (nSPS) is 16.6. The zero-order valence-corrected chi connectivity index (χ0v) is 15.3. The number of anilines is 1. The number of rotatable bonds is 5. The molecule has 0 fully saturated rings. The highest BCUT2D eigenvalue weighted by molar-refractivity contribution is 5.92. The second-order valence-electron chi connectivity index (χ2n) is 6.85. The lowest BCUT2D eigenvalue weighted by Crippen LogP contribution is -2.35. The fraction of sp³-hybridized carbons (Fsp3) is 0.368. The van der Waals surface area contributed by atoms with Gasteiger partial charge in [0.15, 0.2) is 0 Å². The molecule has 0 radical (unpaired) electrons. The summed E-state index contributed by atoms with van der Waals surface area (Å²) in [5.41, 5.74) is 1.77. The molecular weight excluding hydrogens is 342 g/mol. The van der Waals surface area contributed by atoms with Gasteiger partial charge in [0, 0.05) is 51.5 Å². The lowest BCUT2D eigenvalue weighted by Gasteiger charge is -2.24. The molecule has 140 valence electrons. The summed E-state index contributed by atoms with van der Waals surface area (Å²) >= 11 is 0. The van der Waals surface area contributed by atoms with Crippen LogP contribution in [0.4, 0.5) is 5.95 Å². The van der Waals surface area contributed by atoms with Crippen LogP contribution in [0.2, 0.25) is 0 Å². The highest BCUT2D eigenvalue weighted by atomic mass is 16.2. The van der Waals surface area contributed by atoms with Gasteiger partial charge in [-0.05, 0) is 36.6 Å². The average Bonchev–Trinajstić information content (AvgIpc) is 3.26. The second-order valence-corrected chi connectivity index (χ2v) is 6.85. The molecule has 1 atom stereocenters. The van der Waals surface area contributed by atoms with Crippen molar-refractivity contribution in [2.75, 3.05) is 18.4 Å². The van der Waals surface area contributed by atoms with Crippen LogP contribution in [0.15, 0.2) is 49.1 Å². The minimum absolute atomic E-state index is 0.0569. The van der Waals surface area contributed by atoms with Crippen molar-refractivity contribution in [1.29, 1.82) is 0 Å². The van der Waals surface area contributed by atoms with E-state index >= 15 is 0 Å². The van der Waals surface area contributed by atoms with Gasteiger partial charge in [0.05, 0.1) is 12.2 Å². The van der Waals surface area contributed by atoms with Gasteiger partial charge in [0.25, 0.3) is 5.91 Å². The van der Waals surface area contributed by atoms with Crippen LogP contribution in [0, 0.1) is 5.92 Å². The van der Waals surface area contributed by atoms with Gasteiger partial charge < -0.3 is 14.8 Å². The molecule has 1 aliphatic heterocycles. The maximum atomic E-state index is 13.0. The van der Waals surface area contributed by atoms with Crippen molar-refractivity contribution in [3.63, 3.8) is 0 Å². The van der Waals surface area contributed by atoms with E-state index in [0.29, 0.717) is 30.6 Å². The van der Waals surface area contributed by atoms with E-state index in [9.17, 15) is 4.79 Å². The fourth-order valence-electron chi connectivity index (χ4n) is 3.49. The molecule has 0 saturated heterocycles. The fourth-order valence-corrected chi connectivity index (χ4v) is 3.49. The Labute approximate surface area is 157 Å². The molecule has 1 amide bonds. The SMILES string of the molecule is Cn1cccc1C(=O)N1Cc2ccnn2CC(CCNc2ncccn2)C1. The Morgan fingerprint density at radius 3 is 2.81 bits per heavy atom. The second kappa shape index (κ2) is 7.61. The van der Waals surface area contributed by atoms with Crippen LogP contribution in [-0.4, -0.2) is 48.2 Å². The molecule has 27 heavy (non-hydrogen) atoms. The number of nitrogens with zero attached hydrogens (tertiary/aromatic N) is 6. The number of hydrogen-bond donors (Lipinski definition) is 1. The van der Waals surface area contributed by atoms with Gasteiger partial charge in [0.2, 0.25) is 5.95 Å². The smallest absolute Gasteiger partial charge is 0.270 e. The summed E-state index contributed by atoms with van der Waals surface area (Å²) in [7, 11) is 1.90. The Morgan fingerprint density at radius 1 is 1.19 bits per heavy atom. The maximum absolute atomic E-state index is 13.0. The molecule has 3 aromatic heterocycles. The van der Waals surface area contributed by atoms with E-state index in [0.717, 1.165) is 25.2 Å². The Bertz CT molecular complexity index is 902. The van der Waals surface area contributed by atoms with Gasteiger partial charge in [-0.3, -0.25) is 9.48 Å². The molecule has 1 aliphatic rings. The van der Waals surface area contributed by atoms with E-state index in [2.05, 4.69) is 20.4 Å². The van der Waals surface area contributed by atoms with E-state index in [4.69, 9.17) is 0 Å². The summed E-state index contributed by atoms with van der Waals surface area (Å²) in [5.74, 6) is 0.982. The van der Waals surface area contributed by atoms with Crippen molar-refractivity contribution >= 4 is 11.9 Å². The monoisotopic (exact) mass is 365 g/mol. The van der Waals surface area contributed by atoms with Gasteiger partial charge in [-0.2, -0.15) is 5.10 Å². The Kier molecular flexibility index (Phi) is 4.86. The van der Waals surface area contributed by atoms with Crippen molar-refractivity contribution < 1.29 is 4.79 Å². The number of nitrogens with one attached hydrogen (secondary N) is 1. The molecule has 8 heteroatoms. The quantitative estimate of drug-likeness (QED) is 0.745. The molecular formula is C19H23N7O. The van der Waals surface area contributed by atoms with Crippen molar-refractivity contribution in [1.82, 2.24) is 29.2 Å². The number of fused-ring (bicyclic) bond motifs is 1. The Balaban J connectivity index is 1.47. The first-order valence-electron chi connectivity index (χ1n) is 9.13. The lowest BCUT2D eigenvalue weighted by molar-refractivity contribution is 0.0709. The number of amides is 1. The van der Waals surface area contributed by atoms with Crippen LogP contribution in [0.3, 0.4) is 0 Å². The Morgan fingerprint density at radius 2 is 2.04 bits per heavy atom. The van der Waals surface area contributed by atoms with Crippen LogP contribution in [-0.2, 0) is 20.1 Å². The van der Waals surface area contributed by atoms with Crippen LogP contribution < -0.4 is 5.32 Å². The van der Waals surface area contributed by atoms with Crippen molar-refractivity contribution in [3.05, 3.63) is 60.4 Å². The van der Waals surface area contributed by atoms with Gasteiger partial charge >= 0.3 is 0 Å². The molecule has 8 nitrogen and oxygen atoms in total. The number of carbonyl (C=O) groups excluding carboxylic acids is 1. The summed E-state index contributed by atoms with van der Waals surface area (Å²) < 4.78 is 3.88. The largest absolute Gasteiger partial charge is 0.354 e. The van der Waals surface area contributed by atoms with E-state index in [1.54, 1.807) is 24.7 Å². The zero-order chi connectivity index (χ0) is 18.6. The van der Waals surface area contributed by atoms with E-state index < -0.39 is 0 Å². The third-order valence-corrected chi connectivity index (χ3v) is 4.92. The highest BCUT2D eigenvalue weighted by Crippen LogP contribution is 2.20. The van der Waals surface area contributed by atoms with Gasteiger partial charge in [-0.25, -0.2) is 9.97 Å². The molecule has 0 aromatic carbocycles. The first-order valence-corrected chi connectivity index (χ1v) is 9.13. The Hall–Kier alpha value is -3.16. The first-order chi connectivity index (χ1) is 13.2. The van der Waals surface area contributed by atoms with Crippen molar-refractivity contribution in [3.8, 4) is 0 Å². The predicted molar refractivity (Wildman–Crippen MR) is 101 cm³/mol. The highest BCUT2D eigenvalue weighted by Gasteiger charge is 2.27. The molecule has 0 spiro atoms. The van der Waals surface area contributed by atoms with E-state index in [1.165, 1.54) is 0 Å². The van der Waals surface area contributed by atoms with Crippen LogP contribution in [0.5, 0.6) is 0 Å². The van der Waals surface area contributed by atoms with Crippen LogP contribution in [0.25, 0.3) is 0 Å². The topological polar surface area (TPSA) is 80.9 Å². The van der Waals surface area contributed by atoms with Gasteiger partial charge in [-0.15, -0.1) is 0 Å². The molecule has 3 aromatic rings. The number of aryl methyl sites for hydroxylation is 1. The third kappa shape index (κ3) is 3.84. The molecule has 1 N–H and O–H groups in total.